The van der Waals surface area contributed by atoms with Crippen LogP contribution in [0.25, 0.3) is 0 Å². The van der Waals surface area contributed by atoms with Crippen LogP contribution in [0, 0.1) is 23.6 Å². The number of esters is 2. The molecule has 0 aromatic heterocycles. The van der Waals surface area contributed by atoms with Crippen LogP contribution in [0.3, 0.4) is 0 Å². The highest BCUT2D eigenvalue weighted by Crippen LogP contribution is 2.44. The molecule has 8 heteroatoms. The van der Waals surface area contributed by atoms with Gasteiger partial charge in [0.05, 0.1) is 25.2 Å². The number of ether oxygens (including phenoxy) is 3. The van der Waals surface area contributed by atoms with Gasteiger partial charge in [-0.25, -0.2) is 9.18 Å². The maximum absolute atomic E-state index is 13.2. The minimum atomic E-state index is -1.25. The largest absolute Gasteiger partial charge is 0.462 e. The van der Waals surface area contributed by atoms with E-state index in [0.717, 1.165) is 11.1 Å². The van der Waals surface area contributed by atoms with Crippen molar-refractivity contribution >= 4 is 11.9 Å². The summed E-state index contributed by atoms with van der Waals surface area (Å²) in [7, 11) is 0. The molecule has 0 saturated carbocycles. The minimum Gasteiger partial charge on any atom is -0.462 e. The Kier molecular flexibility index (Phi) is 8.51. The number of carbonyl (C=O) groups is 2. The second-order valence-corrected chi connectivity index (χ2v) is 11.0. The molecule has 1 aliphatic heterocycles. The lowest BCUT2D eigenvalue weighted by Gasteiger charge is -2.43. The summed E-state index contributed by atoms with van der Waals surface area (Å²) >= 11 is 0. The Morgan fingerprint density at radius 2 is 1.89 bits per heavy atom. The summed E-state index contributed by atoms with van der Waals surface area (Å²) in [4.78, 5) is 25.0. The van der Waals surface area contributed by atoms with E-state index in [0.29, 0.717) is 19.3 Å². The molecule has 1 aromatic carbocycles. The smallest absolute Gasteiger partial charge is 0.338 e. The Balaban J connectivity index is 1.44. The van der Waals surface area contributed by atoms with E-state index in [9.17, 15) is 24.2 Å². The van der Waals surface area contributed by atoms with Gasteiger partial charge in [-0.2, -0.15) is 0 Å². The molecule has 1 saturated heterocycles. The molecule has 0 bridgehead atoms. The molecule has 3 aliphatic rings. The zero-order valence-electron chi connectivity index (χ0n) is 21.6. The highest BCUT2D eigenvalue weighted by atomic mass is 19.1. The van der Waals surface area contributed by atoms with Crippen LogP contribution in [-0.2, 0) is 30.4 Å². The molecule has 2 N–H and O–H groups in total. The molecule has 1 fully saturated rings. The van der Waals surface area contributed by atoms with E-state index in [1.165, 1.54) is 12.1 Å². The minimum absolute atomic E-state index is 0.0313. The van der Waals surface area contributed by atoms with E-state index in [2.05, 4.69) is 13.0 Å². The van der Waals surface area contributed by atoms with Crippen molar-refractivity contribution in [2.45, 2.75) is 89.5 Å². The van der Waals surface area contributed by atoms with Crippen molar-refractivity contribution in [2.75, 3.05) is 0 Å². The standard InChI is InChI=1S/C29H37FO7/c1-17-4-7-19-12-21(31)14-25(27(19)24(17)11-10-23-13-22(32)15-26(33)36-23)37-28(34)29(2,3)35-16-18-5-8-20(30)9-6-18/h4-9,12,17,21-25,27,31-32H,10-11,13-16H2,1-3H3/t17-,21+,22+,23+,24-,25-,27-/m0/s1. The van der Waals surface area contributed by atoms with E-state index in [1.807, 2.05) is 12.2 Å². The fourth-order valence-corrected chi connectivity index (χ4v) is 5.59. The normalized spacial score (nSPS) is 31.8. The molecule has 0 spiro atoms. The highest BCUT2D eigenvalue weighted by molar-refractivity contribution is 5.78. The number of aliphatic hydroxyl groups excluding tert-OH is 2. The van der Waals surface area contributed by atoms with Crippen LogP contribution in [0.1, 0.15) is 58.4 Å². The van der Waals surface area contributed by atoms with Crippen LogP contribution in [0.15, 0.2) is 48.1 Å². The molecular formula is C29H37FO7. The first-order valence-electron chi connectivity index (χ1n) is 13.1. The number of halogens is 1. The van der Waals surface area contributed by atoms with Crippen LogP contribution in [0.4, 0.5) is 4.39 Å². The molecule has 7 atom stereocenters. The molecule has 2 aliphatic carbocycles. The SMILES string of the molecule is C[C@H]1C=CC2=C[C@@H](O)C[C@H](OC(=O)C(C)(C)OCc3ccc(F)cc3)[C@@H]2[C@H]1CC[C@@H]1C[C@@H](O)CC(=O)O1. The number of aliphatic hydroxyl groups is 2. The maximum atomic E-state index is 13.2. The lowest BCUT2D eigenvalue weighted by Crippen LogP contribution is -2.46. The van der Waals surface area contributed by atoms with Crippen molar-refractivity contribution in [1.29, 1.82) is 0 Å². The number of carbonyl (C=O) groups excluding carboxylic acids is 2. The average Bonchev–Trinajstić information content (AvgIpc) is 2.82. The second kappa shape index (κ2) is 11.5. The lowest BCUT2D eigenvalue weighted by atomic mass is 9.66. The summed E-state index contributed by atoms with van der Waals surface area (Å²) in [5, 5.41) is 20.5. The quantitative estimate of drug-likeness (QED) is 0.504. The van der Waals surface area contributed by atoms with Crippen LogP contribution in [0.5, 0.6) is 0 Å². The van der Waals surface area contributed by atoms with E-state index < -0.39 is 29.9 Å². The summed E-state index contributed by atoms with van der Waals surface area (Å²) in [5.41, 5.74) is 0.421. The van der Waals surface area contributed by atoms with Crippen molar-refractivity contribution in [2.24, 2.45) is 17.8 Å². The number of hydrogen-bond acceptors (Lipinski definition) is 7. The van der Waals surface area contributed by atoms with Crippen LogP contribution < -0.4 is 0 Å². The number of rotatable bonds is 8. The molecule has 0 radical (unpaired) electrons. The van der Waals surface area contributed by atoms with Crippen molar-refractivity contribution in [3.63, 3.8) is 0 Å². The lowest BCUT2D eigenvalue weighted by molar-refractivity contribution is -0.180. The third-order valence-corrected chi connectivity index (χ3v) is 7.69. The molecule has 4 rings (SSSR count). The summed E-state index contributed by atoms with van der Waals surface area (Å²) in [6, 6.07) is 5.89. The third-order valence-electron chi connectivity index (χ3n) is 7.69. The first kappa shape index (κ1) is 27.5. The topological polar surface area (TPSA) is 102 Å². The highest BCUT2D eigenvalue weighted by Gasteiger charge is 2.44. The molecule has 1 aromatic rings. The molecule has 0 unspecified atom stereocenters. The number of hydrogen-bond donors (Lipinski definition) is 2. The fourth-order valence-electron chi connectivity index (χ4n) is 5.59. The first-order valence-corrected chi connectivity index (χ1v) is 13.1. The number of benzene rings is 1. The average molecular weight is 517 g/mol. The van der Waals surface area contributed by atoms with Gasteiger partial charge in [-0.3, -0.25) is 4.79 Å². The number of fused-ring (bicyclic) bond motifs is 1. The summed E-state index contributed by atoms with van der Waals surface area (Å²) in [5.74, 6) is -1.09. The van der Waals surface area contributed by atoms with Crippen molar-refractivity contribution < 1.29 is 38.4 Å². The summed E-state index contributed by atoms with van der Waals surface area (Å²) in [6.07, 6.45) is 5.67. The van der Waals surface area contributed by atoms with Crippen LogP contribution >= 0.6 is 0 Å². The molecular weight excluding hydrogens is 479 g/mol. The van der Waals surface area contributed by atoms with E-state index >= 15 is 0 Å². The van der Waals surface area contributed by atoms with E-state index in [4.69, 9.17) is 14.2 Å². The Labute approximate surface area is 217 Å². The van der Waals surface area contributed by atoms with Crippen molar-refractivity contribution in [3.05, 3.63) is 59.4 Å². The van der Waals surface area contributed by atoms with Gasteiger partial charge < -0.3 is 24.4 Å². The summed E-state index contributed by atoms with van der Waals surface area (Å²) in [6.45, 7) is 5.51. The number of allylic oxidation sites excluding steroid dienone is 2. The molecule has 0 amide bonds. The third kappa shape index (κ3) is 6.86. The van der Waals surface area contributed by atoms with Gasteiger partial charge in [0.1, 0.15) is 18.0 Å². The maximum Gasteiger partial charge on any atom is 0.338 e. The van der Waals surface area contributed by atoms with Crippen LogP contribution in [-0.4, -0.2) is 52.2 Å². The van der Waals surface area contributed by atoms with Gasteiger partial charge >= 0.3 is 11.9 Å². The molecule has 37 heavy (non-hydrogen) atoms. The van der Waals surface area contributed by atoms with E-state index in [1.54, 1.807) is 26.0 Å². The zero-order valence-corrected chi connectivity index (χ0v) is 21.6. The fraction of sp³-hybridized carbons (Fsp3) is 0.586. The number of cyclic esters (lactones) is 1. The monoisotopic (exact) mass is 516 g/mol. The van der Waals surface area contributed by atoms with Crippen molar-refractivity contribution in [1.82, 2.24) is 0 Å². The Morgan fingerprint density at radius 3 is 2.59 bits per heavy atom. The predicted molar refractivity (Wildman–Crippen MR) is 133 cm³/mol. The predicted octanol–water partition coefficient (Wildman–Crippen LogP) is 4.01. The molecule has 1 heterocycles. The van der Waals surface area contributed by atoms with Gasteiger partial charge in [-0.1, -0.05) is 37.3 Å². The Morgan fingerprint density at radius 1 is 1.16 bits per heavy atom. The van der Waals surface area contributed by atoms with Gasteiger partial charge in [0.25, 0.3) is 0 Å². The Bertz CT molecular complexity index is 1030. The van der Waals surface area contributed by atoms with Gasteiger partial charge in [-0.15, -0.1) is 0 Å². The van der Waals surface area contributed by atoms with Crippen molar-refractivity contribution in [3.8, 4) is 0 Å². The summed E-state index contributed by atoms with van der Waals surface area (Å²) < 4.78 is 30.5. The van der Waals surface area contributed by atoms with Gasteiger partial charge in [0.2, 0.25) is 0 Å². The zero-order chi connectivity index (χ0) is 26.7. The van der Waals surface area contributed by atoms with Crippen LogP contribution in [0.2, 0.25) is 0 Å². The van der Waals surface area contributed by atoms with E-state index in [-0.39, 0.29) is 55.1 Å². The Hall–Kier alpha value is -2.55. The van der Waals surface area contributed by atoms with Gasteiger partial charge in [0, 0.05) is 18.8 Å². The first-order chi connectivity index (χ1) is 17.5. The molecule has 202 valence electrons. The van der Waals surface area contributed by atoms with Gasteiger partial charge in [0.15, 0.2) is 5.60 Å². The molecule has 7 nitrogen and oxygen atoms in total. The second-order valence-electron chi connectivity index (χ2n) is 11.0. The van der Waals surface area contributed by atoms with Gasteiger partial charge in [-0.05, 0) is 61.8 Å².